The maximum Gasteiger partial charge on any atom is 2.00 e. The summed E-state index contributed by atoms with van der Waals surface area (Å²) in [5.41, 5.74) is 10.5. The molecule has 1 aliphatic heterocycles. The van der Waals surface area contributed by atoms with Gasteiger partial charge in [0.1, 0.15) is 13.9 Å². The van der Waals surface area contributed by atoms with Crippen LogP contribution in [0.2, 0.25) is 0 Å². The van der Waals surface area contributed by atoms with Gasteiger partial charge in [-0.1, -0.05) is 120 Å². The van der Waals surface area contributed by atoms with Gasteiger partial charge in [0, 0.05) is 17.3 Å². The molecule has 0 fully saturated rings. The fourth-order valence-electron chi connectivity index (χ4n) is 9.45. The fourth-order valence-corrected chi connectivity index (χ4v) is 14.0. The van der Waals surface area contributed by atoms with Gasteiger partial charge < -0.3 is 14.4 Å². The van der Waals surface area contributed by atoms with Crippen LogP contribution in [0.25, 0.3) is 38.8 Å². The quantitative estimate of drug-likeness (QED) is 0.0904. The van der Waals surface area contributed by atoms with Crippen LogP contribution < -0.4 is 30.5 Å². The number of pyridine rings is 1. The Morgan fingerprint density at radius 3 is 1.90 bits per heavy atom. The predicted octanol–water partition coefficient (Wildman–Crippen LogP) is 10.2. The second-order valence-corrected chi connectivity index (χ2v) is 20.5. The molecule has 6 heteroatoms. The zero-order valence-electron chi connectivity index (χ0n) is 34.6. The van der Waals surface area contributed by atoms with Crippen molar-refractivity contribution in [2.45, 2.75) is 40.2 Å². The average Bonchev–Trinajstić information content (AvgIpc) is 3.82. The molecule has 7 aromatic carbocycles. The van der Waals surface area contributed by atoms with E-state index in [2.05, 4.69) is 231 Å². The second kappa shape index (κ2) is 15.5. The standard InChI is InChI=1S/C54H46N4Si.Pt/c1-38-18-16-19-39(2)53(38)40-32-33-55-52(34-40)58-48-27-13-12-26-46(48)47-31-30-45(36-51(47)58)59(42-21-8-6-9-22-42,43-23-10-7-11-24-43)44-25-17-20-41(35-44)56-37-57(54(3,4)5)50-29-15-14-28-49(50)56;/h6-34H,37H2,1-5H3;/q-2;+2. The minimum absolute atomic E-state index is 0. The number of para-hydroxylation sites is 3. The van der Waals surface area contributed by atoms with E-state index in [1.807, 2.05) is 6.20 Å². The van der Waals surface area contributed by atoms with Gasteiger partial charge in [-0.05, 0) is 103 Å². The number of fused-ring (bicyclic) bond motifs is 4. The van der Waals surface area contributed by atoms with Crippen molar-refractivity contribution < 1.29 is 21.1 Å². The molecule has 0 radical (unpaired) electrons. The van der Waals surface area contributed by atoms with Crippen molar-refractivity contribution in [1.82, 2.24) is 9.55 Å². The van der Waals surface area contributed by atoms with Crippen LogP contribution in [0.1, 0.15) is 31.9 Å². The summed E-state index contributed by atoms with van der Waals surface area (Å²) in [6.07, 6.45) is 1.95. The molecule has 0 aliphatic carbocycles. The van der Waals surface area contributed by atoms with E-state index in [4.69, 9.17) is 4.98 Å². The Morgan fingerprint density at radius 2 is 1.20 bits per heavy atom. The first-order valence-corrected chi connectivity index (χ1v) is 22.5. The van der Waals surface area contributed by atoms with Gasteiger partial charge >= 0.3 is 21.1 Å². The number of hydrogen-bond donors (Lipinski definition) is 0. The summed E-state index contributed by atoms with van der Waals surface area (Å²) in [6.45, 7) is 12.0. The van der Waals surface area contributed by atoms with E-state index in [1.165, 1.54) is 54.2 Å². The van der Waals surface area contributed by atoms with Crippen molar-refractivity contribution in [2.75, 3.05) is 16.5 Å². The molecule has 0 N–H and O–H groups in total. The number of rotatable bonds is 7. The largest absolute Gasteiger partial charge is 2.00 e. The zero-order chi connectivity index (χ0) is 40.3. The first kappa shape index (κ1) is 39.5. The normalized spacial score (nSPS) is 12.8. The van der Waals surface area contributed by atoms with Gasteiger partial charge in [0.2, 0.25) is 0 Å². The average molecular weight is 974 g/mol. The minimum atomic E-state index is -3.08. The number of hydrogen-bond acceptors (Lipinski definition) is 3. The molecule has 296 valence electrons. The van der Waals surface area contributed by atoms with Crippen LogP contribution in [0.15, 0.2) is 176 Å². The second-order valence-electron chi connectivity index (χ2n) is 16.7. The topological polar surface area (TPSA) is 24.3 Å². The number of nitrogens with zero attached hydrogens (tertiary/aromatic N) is 4. The Labute approximate surface area is 369 Å². The maximum absolute atomic E-state index is 5.07. The molecule has 9 aromatic rings. The molecule has 0 unspecified atom stereocenters. The minimum Gasteiger partial charge on any atom is -0.347 e. The zero-order valence-corrected chi connectivity index (χ0v) is 37.8. The van der Waals surface area contributed by atoms with Crippen LogP contribution in [-0.2, 0) is 21.1 Å². The molecule has 0 amide bonds. The SMILES string of the molecule is Cc1cccc(C)c1-c1ccnc(-n2c3[c-]c([Si](c4[c-]c(N5CN(C(C)(C)C)c6ccccc65)ccc4)(c4ccccc4)c4ccccc4)ccc3c3ccccc32)c1.[Pt+2]. The number of benzene rings is 7. The Kier molecular flexibility index (Phi) is 10.2. The van der Waals surface area contributed by atoms with Gasteiger partial charge in [-0.25, -0.2) is 4.98 Å². The van der Waals surface area contributed by atoms with E-state index >= 15 is 0 Å². The number of aryl methyl sites for hydroxylation is 2. The van der Waals surface area contributed by atoms with Gasteiger partial charge in [-0.15, -0.1) is 11.5 Å². The summed E-state index contributed by atoms with van der Waals surface area (Å²) in [4.78, 5) is 9.99. The van der Waals surface area contributed by atoms with E-state index in [9.17, 15) is 0 Å². The number of anilines is 3. The molecule has 4 nitrogen and oxygen atoms in total. The van der Waals surface area contributed by atoms with E-state index in [1.54, 1.807) is 0 Å². The summed E-state index contributed by atoms with van der Waals surface area (Å²) < 4.78 is 2.32. The molecule has 1 aliphatic rings. The summed E-state index contributed by atoms with van der Waals surface area (Å²) in [6, 6.07) is 70.3. The Bertz CT molecular complexity index is 2950. The van der Waals surface area contributed by atoms with Crippen molar-refractivity contribution in [3.05, 3.63) is 199 Å². The van der Waals surface area contributed by atoms with E-state index in [0.29, 0.717) is 0 Å². The van der Waals surface area contributed by atoms with Crippen LogP contribution in [-0.4, -0.2) is 29.8 Å². The molecular weight excluding hydrogens is 928 g/mol. The Balaban J connectivity index is 0.00000462. The van der Waals surface area contributed by atoms with E-state index in [0.717, 1.165) is 40.2 Å². The number of aromatic nitrogens is 2. The molecule has 10 rings (SSSR count). The monoisotopic (exact) mass is 973 g/mol. The van der Waals surface area contributed by atoms with Gasteiger partial charge in [-0.3, -0.25) is 0 Å². The van der Waals surface area contributed by atoms with Crippen molar-refractivity contribution in [3.63, 3.8) is 0 Å². The molecule has 0 spiro atoms. The van der Waals surface area contributed by atoms with Gasteiger partial charge in [0.05, 0.1) is 18.0 Å². The van der Waals surface area contributed by atoms with Gasteiger partial charge in [-0.2, -0.15) is 46.8 Å². The van der Waals surface area contributed by atoms with Gasteiger partial charge in [0.15, 0.2) is 0 Å². The summed E-state index contributed by atoms with van der Waals surface area (Å²) >= 11 is 0. The summed E-state index contributed by atoms with van der Waals surface area (Å²) in [7, 11) is -3.08. The molecule has 0 atom stereocenters. The van der Waals surface area contributed by atoms with E-state index in [-0.39, 0.29) is 26.6 Å². The third kappa shape index (κ3) is 6.43. The van der Waals surface area contributed by atoms with Crippen LogP contribution in [0.5, 0.6) is 0 Å². The first-order valence-electron chi connectivity index (χ1n) is 20.5. The van der Waals surface area contributed by atoms with E-state index < -0.39 is 8.07 Å². The van der Waals surface area contributed by atoms with Gasteiger partial charge in [0.25, 0.3) is 0 Å². The molecule has 0 saturated carbocycles. The molecule has 3 heterocycles. The Hall–Kier alpha value is -6.00. The third-order valence-corrected chi connectivity index (χ3v) is 16.8. The predicted molar refractivity (Wildman–Crippen MR) is 250 cm³/mol. The fraction of sp³-hybridized carbons (Fsp3) is 0.130. The Morgan fingerprint density at radius 1 is 0.583 bits per heavy atom. The first-order chi connectivity index (χ1) is 28.7. The van der Waals surface area contributed by atoms with Crippen molar-refractivity contribution in [1.29, 1.82) is 0 Å². The van der Waals surface area contributed by atoms with Crippen molar-refractivity contribution >= 4 is 67.7 Å². The summed E-state index contributed by atoms with van der Waals surface area (Å²) in [5.74, 6) is 0.876. The smallest absolute Gasteiger partial charge is 0.347 e. The summed E-state index contributed by atoms with van der Waals surface area (Å²) in [5, 5.41) is 7.26. The van der Waals surface area contributed by atoms with Crippen molar-refractivity contribution in [2.24, 2.45) is 0 Å². The molecular formula is C54H46N4PtSi. The van der Waals surface area contributed by atoms with Crippen molar-refractivity contribution in [3.8, 4) is 16.9 Å². The molecule has 0 saturated heterocycles. The molecule has 60 heavy (non-hydrogen) atoms. The maximum atomic E-state index is 5.07. The van der Waals surface area contributed by atoms with Crippen LogP contribution in [0, 0.1) is 26.0 Å². The van der Waals surface area contributed by atoms with Crippen LogP contribution >= 0.6 is 0 Å². The molecule has 0 bridgehead atoms. The van der Waals surface area contributed by atoms with Crippen LogP contribution in [0.3, 0.4) is 0 Å². The van der Waals surface area contributed by atoms with Crippen LogP contribution in [0.4, 0.5) is 17.1 Å². The molecule has 2 aromatic heterocycles. The third-order valence-electron chi connectivity index (χ3n) is 12.2.